The molecule has 0 aromatic heterocycles. The summed E-state index contributed by atoms with van der Waals surface area (Å²) in [6.45, 7) is 6.71. The largest absolute Gasteiger partial charge is 0.393 e. The summed E-state index contributed by atoms with van der Waals surface area (Å²) >= 11 is 0. The van der Waals surface area contributed by atoms with Crippen LogP contribution in [0, 0.1) is 11.8 Å². The Labute approximate surface area is 124 Å². The Balaban J connectivity index is 2.34. The first kappa shape index (κ1) is 17.7. The van der Waals surface area contributed by atoms with Crippen LogP contribution in [0.25, 0.3) is 0 Å². The summed E-state index contributed by atoms with van der Waals surface area (Å²) in [5, 5.41) is 20.1. The van der Waals surface area contributed by atoms with Gasteiger partial charge in [0.15, 0.2) is 6.29 Å². The first-order valence-corrected chi connectivity index (χ1v) is 8.15. The molecule has 0 bridgehead atoms. The topological polar surface area (TPSA) is 49.7 Å². The third kappa shape index (κ3) is 6.38. The second kappa shape index (κ2) is 9.54. The van der Waals surface area contributed by atoms with Gasteiger partial charge in [-0.15, -0.1) is 0 Å². The Bertz CT molecular complexity index is 284. The Morgan fingerprint density at radius 1 is 1.30 bits per heavy atom. The van der Waals surface area contributed by atoms with Gasteiger partial charge in [0, 0.05) is 6.42 Å². The average Bonchev–Trinajstić information content (AvgIpc) is 2.71. The van der Waals surface area contributed by atoms with Gasteiger partial charge in [-0.3, -0.25) is 0 Å². The Morgan fingerprint density at radius 3 is 2.70 bits per heavy atom. The standard InChI is InChI=1S/C17H32O3/c1-4-5-6-7-15-14(8-9-16(15)18)12-17(19)20-11-10-13(2)3/h10,14-19H,4-9,11-12H2,1-3H3. The molecule has 1 saturated carbocycles. The molecule has 0 spiro atoms. The summed E-state index contributed by atoms with van der Waals surface area (Å²) < 4.78 is 5.42. The van der Waals surface area contributed by atoms with Crippen LogP contribution in [-0.2, 0) is 4.74 Å². The van der Waals surface area contributed by atoms with Gasteiger partial charge in [-0.05, 0) is 44.9 Å². The van der Waals surface area contributed by atoms with Crippen LogP contribution < -0.4 is 0 Å². The van der Waals surface area contributed by atoms with Crippen LogP contribution in [0.15, 0.2) is 11.6 Å². The molecule has 118 valence electrons. The van der Waals surface area contributed by atoms with Crippen molar-refractivity contribution in [1.82, 2.24) is 0 Å². The average molecular weight is 284 g/mol. The molecule has 1 aliphatic rings. The van der Waals surface area contributed by atoms with Crippen molar-refractivity contribution < 1.29 is 14.9 Å². The quantitative estimate of drug-likeness (QED) is 0.386. The predicted molar refractivity (Wildman–Crippen MR) is 82.4 cm³/mol. The lowest BCUT2D eigenvalue weighted by Crippen LogP contribution is -2.24. The highest BCUT2D eigenvalue weighted by Gasteiger charge is 2.35. The predicted octanol–water partition coefficient (Wildman–Crippen LogP) is 3.65. The van der Waals surface area contributed by atoms with Crippen LogP contribution in [-0.4, -0.2) is 29.2 Å². The number of aliphatic hydroxyl groups excluding tert-OH is 2. The van der Waals surface area contributed by atoms with Gasteiger partial charge in [0.1, 0.15) is 0 Å². The normalized spacial score (nSPS) is 27.6. The van der Waals surface area contributed by atoms with E-state index in [0.717, 1.165) is 19.3 Å². The smallest absolute Gasteiger partial charge is 0.155 e. The zero-order valence-corrected chi connectivity index (χ0v) is 13.3. The number of aliphatic hydroxyl groups is 2. The zero-order valence-electron chi connectivity index (χ0n) is 13.3. The molecule has 0 aromatic carbocycles. The second-order valence-corrected chi connectivity index (χ2v) is 6.37. The van der Waals surface area contributed by atoms with Crippen molar-refractivity contribution in [1.29, 1.82) is 0 Å². The van der Waals surface area contributed by atoms with E-state index in [9.17, 15) is 10.2 Å². The maximum Gasteiger partial charge on any atom is 0.155 e. The molecule has 20 heavy (non-hydrogen) atoms. The molecular formula is C17H32O3. The van der Waals surface area contributed by atoms with Gasteiger partial charge in [0.2, 0.25) is 0 Å². The highest BCUT2D eigenvalue weighted by atomic mass is 16.6. The molecule has 4 unspecified atom stereocenters. The van der Waals surface area contributed by atoms with E-state index in [1.165, 1.54) is 24.8 Å². The molecule has 3 nitrogen and oxygen atoms in total. The molecule has 0 radical (unpaired) electrons. The van der Waals surface area contributed by atoms with Gasteiger partial charge in [-0.1, -0.05) is 37.8 Å². The summed E-state index contributed by atoms with van der Waals surface area (Å²) in [6.07, 6.45) is 8.36. The van der Waals surface area contributed by atoms with Crippen molar-refractivity contribution in [2.75, 3.05) is 6.61 Å². The zero-order chi connectivity index (χ0) is 15.0. The van der Waals surface area contributed by atoms with Crippen molar-refractivity contribution in [3.63, 3.8) is 0 Å². The Kier molecular flexibility index (Phi) is 8.43. The third-order valence-electron chi connectivity index (χ3n) is 4.36. The fourth-order valence-electron chi connectivity index (χ4n) is 3.13. The first-order valence-electron chi connectivity index (χ1n) is 8.15. The van der Waals surface area contributed by atoms with E-state index in [1.807, 2.05) is 19.9 Å². The summed E-state index contributed by atoms with van der Waals surface area (Å²) in [4.78, 5) is 0. The van der Waals surface area contributed by atoms with Gasteiger partial charge < -0.3 is 14.9 Å². The molecule has 1 rings (SSSR count). The molecule has 3 heteroatoms. The van der Waals surface area contributed by atoms with Crippen LogP contribution in [0.3, 0.4) is 0 Å². The minimum absolute atomic E-state index is 0.179. The molecule has 0 aliphatic heterocycles. The minimum Gasteiger partial charge on any atom is -0.393 e. The molecular weight excluding hydrogens is 252 g/mol. The van der Waals surface area contributed by atoms with Gasteiger partial charge in [-0.25, -0.2) is 0 Å². The number of ether oxygens (including phenoxy) is 1. The van der Waals surface area contributed by atoms with E-state index < -0.39 is 6.29 Å². The SMILES string of the molecule is CCCCCC1C(O)CCC1CC(O)OCC=C(C)C. The van der Waals surface area contributed by atoms with Crippen molar-refractivity contribution in [2.24, 2.45) is 11.8 Å². The number of allylic oxidation sites excluding steroid dienone is 1. The van der Waals surface area contributed by atoms with E-state index in [-0.39, 0.29) is 6.10 Å². The lowest BCUT2D eigenvalue weighted by molar-refractivity contribution is -0.105. The molecule has 1 fully saturated rings. The van der Waals surface area contributed by atoms with Crippen LogP contribution in [0.2, 0.25) is 0 Å². The first-order chi connectivity index (χ1) is 9.54. The molecule has 0 saturated heterocycles. The van der Waals surface area contributed by atoms with Crippen molar-refractivity contribution in [2.45, 2.75) is 78.1 Å². The van der Waals surface area contributed by atoms with Gasteiger partial charge >= 0.3 is 0 Å². The lowest BCUT2D eigenvalue weighted by atomic mass is 9.87. The fourth-order valence-corrected chi connectivity index (χ4v) is 3.13. The molecule has 1 aliphatic carbocycles. The van der Waals surface area contributed by atoms with E-state index >= 15 is 0 Å². The third-order valence-corrected chi connectivity index (χ3v) is 4.36. The lowest BCUT2D eigenvalue weighted by Gasteiger charge is -2.24. The van der Waals surface area contributed by atoms with Crippen LogP contribution >= 0.6 is 0 Å². The van der Waals surface area contributed by atoms with E-state index in [1.54, 1.807) is 0 Å². The van der Waals surface area contributed by atoms with Crippen LogP contribution in [0.1, 0.15) is 65.7 Å². The van der Waals surface area contributed by atoms with Crippen molar-refractivity contribution in [3.05, 3.63) is 11.6 Å². The summed E-state index contributed by atoms with van der Waals surface area (Å²) in [5.74, 6) is 0.756. The van der Waals surface area contributed by atoms with E-state index in [0.29, 0.717) is 24.9 Å². The Hall–Kier alpha value is -0.380. The second-order valence-electron chi connectivity index (χ2n) is 6.37. The Morgan fingerprint density at radius 2 is 2.05 bits per heavy atom. The van der Waals surface area contributed by atoms with Crippen LogP contribution in [0.5, 0.6) is 0 Å². The molecule has 2 N–H and O–H groups in total. The van der Waals surface area contributed by atoms with Crippen LogP contribution in [0.4, 0.5) is 0 Å². The minimum atomic E-state index is -0.699. The fraction of sp³-hybridized carbons (Fsp3) is 0.882. The summed E-state index contributed by atoms with van der Waals surface area (Å²) in [6, 6.07) is 0. The van der Waals surface area contributed by atoms with Gasteiger partial charge in [0.05, 0.1) is 12.7 Å². The maximum atomic E-state index is 10.1. The monoisotopic (exact) mass is 284 g/mol. The maximum absolute atomic E-state index is 10.1. The molecule has 0 aromatic rings. The number of hydrogen-bond acceptors (Lipinski definition) is 3. The number of rotatable bonds is 9. The summed E-state index contributed by atoms with van der Waals surface area (Å²) in [5.41, 5.74) is 1.20. The van der Waals surface area contributed by atoms with Gasteiger partial charge in [0.25, 0.3) is 0 Å². The molecule has 4 atom stereocenters. The summed E-state index contributed by atoms with van der Waals surface area (Å²) in [7, 11) is 0. The van der Waals surface area contributed by atoms with Gasteiger partial charge in [-0.2, -0.15) is 0 Å². The molecule has 0 heterocycles. The highest BCUT2D eigenvalue weighted by Crippen LogP contribution is 2.38. The van der Waals surface area contributed by atoms with E-state index in [4.69, 9.17) is 4.74 Å². The van der Waals surface area contributed by atoms with E-state index in [2.05, 4.69) is 6.92 Å². The molecule has 0 amide bonds. The number of unbranched alkanes of at least 4 members (excludes halogenated alkanes) is 2. The van der Waals surface area contributed by atoms with Crippen molar-refractivity contribution in [3.8, 4) is 0 Å². The highest BCUT2D eigenvalue weighted by molar-refractivity contribution is 4.93. The number of hydrogen-bond donors (Lipinski definition) is 2. The van der Waals surface area contributed by atoms with Crippen molar-refractivity contribution >= 4 is 0 Å².